The largest absolute Gasteiger partial charge is 0.497 e. The maximum atomic E-state index is 12.2. The molecule has 0 radical (unpaired) electrons. The highest BCUT2D eigenvalue weighted by atomic mass is 19.4. The fraction of sp³-hybridized carbons (Fsp3) is 0.462. The number of alkyl halides is 3. The standard InChI is InChI=1S/C13H15F3O3/c1-12(2,3)9-7-8(18-4)5-6-10(9)19-11(17)13(14,15)16/h5-7H,1-4H3. The minimum atomic E-state index is -5.02. The molecule has 0 aromatic heterocycles. The fourth-order valence-electron chi connectivity index (χ4n) is 1.47. The lowest BCUT2D eigenvalue weighted by molar-refractivity contribution is -0.189. The molecule has 0 saturated carbocycles. The van der Waals surface area contributed by atoms with Crippen LogP contribution in [0.2, 0.25) is 0 Å². The first kappa shape index (κ1) is 15.3. The number of hydrogen-bond acceptors (Lipinski definition) is 3. The van der Waals surface area contributed by atoms with Crippen molar-refractivity contribution < 1.29 is 27.4 Å². The topological polar surface area (TPSA) is 35.5 Å². The first-order valence-electron chi connectivity index (χ1n) is 5.53. The predicted octanol–water partition coefficient (Wildman–Crippen LogP) is 3.46. The third kappa shape index (κ3) is 3.87. The van der Waals surface area contributed by atoms with Crippen molar-refractivity contribution in [1.82, 2.24) is 0 Å². The van der Waals surface area contributed by atoms with Gasteiger partial charge < -0.3 is 9.47 Å². The molecule has 19 heavy (non-hydrogen) atoms. The fourth-order valence-corrected chi connectivity index (χ4v) is 1.47. The molecule has 106 valence electrons. The Morgan fingerprint density at radius 1 is 1.16 bits per heavy atom. The molecule has 0 heterocycles. The van der Waals surface area contributed by atoms with E-state index in [2.05, 4.69) is 4.74 Å². The zero-order valence-corrected chi connectivity index (χ0v) is 11.1. The predicted molar refractivity (Wildman–Crippen MR) is 63.4 cm³/mol. The molecule has 0 atom stereocenters. The van der Waals surface area contributed by atoms with Crippen molar-refractivity contribution in [1.29, 1.82) is 0 Å². The summed E-state index contributed by atoms with van der Waals surface area (Å²) < 4.78 is 46.1. The smallest absolute Gasteiger partial charge is 0.491 e. The second-order valence-corrected chi connectivity index (χ2v) is 5.00. The van der Waals surface area contributed by atoms with Gasteiger partial charge in [0, 0.05) is 5.56 Å². The monoisotopic (exact) mass is 276 g/mol. The molecule has 0 spiro atoms. The third-order valence-corrected chi connectivity index (χ3v) is 2.43. The summed E-state index contributed by atoms with van der Waals surface area (Å²) >= 11 is 0. The summed E-state index contributed by atoms with van der Waals surface area (Å²) in [5, 5.41) is 0. The summed E-state index contributed by atoms with van der Waals surface area (Å²) in [7, 11) is 1.45. The zero-order chi connectivity index (χ0) is 14.8. The Labute approximate surface area is 109 Å². The number of halogens is 3. The lowest BCUT2D eigenvalue weighted by atomic mass is 9.86. The molecule has 1 rings (SSSR count). The summed E-state index contributed by atoms with van der Waals surface area (Å²) in [4.78, 5) is 10.9. The molecule has 3 nitrogen and oxygen atoms in total. The van der Waals surface area contributed by atoms with Crippen LogP contribution >= 0.6 is 0 Å². The van der Waals surface area contributed by atoms with E-state index in [1.807, 2.05) is 0 Å². The van der Waals surface area contributed by atoms with E-state index in [-0.39, 0.29) is 5.75 Å². The van der Waals surface area contributed by atoms with Crippen LogP contribution in [0.4, 0.5) is 13.2 Å². The number of esters is 1. The molecule has 6 heteroatoms. The average Bonchev–Trinajstić information content (AvgIpc) is 2.26. The van der Waals surface area contributed by atoms with Crippen molar-refractivity contribution in [3.8, 4) is 11.5 Å². The number of carbonyl (C=O) groups excluding carboxylic acids is 1. The lowest BCUT2D eigenvalue weighted by Crippen LogP contribution is -2.29. The Morgan fingerprint density at radius 3 is 2.16 bits per heavy atom. The van der Waals surface area contributed by atoms with Crippen molar-refractivity contribution in [2.45, 2.75) is 32.4 Å². The summed E-state index contributed by atoms with van der Waals surface area (Å²) in [6, 6.07) is 4.29. The van der Waals surface area contributed by atoms with Crippen LogP contribution in [0.1, 0.15) is 26.3 Å². The van der Waals surface area contributed by atoms with Crippen LogP contribution < -0.4 is 9.47 Å². The molecule has 0 aliphatic rings. The molecule has 0 fully saturated rings. The molecule has 1 aromatic rings. The SMILES string of the molecule is COc1ccc(OC(=O)C(F)(F)F)c(C(C)(C)C)c1. The molecule has 0 bridgehead atoms. The zero-order valence-electron chi connectivity index (χ0n) is 11.1. The van der Waals surface area contributed by atoms with Crippen molar-refractivity contribution in [3.05, 3.63) is 23.8 Å². The number of methoxy groups -OCH3 is 1. The highest BCUT2D eigenvalue weighted by Crippen LogP contribution is 2.35. The summed E-state index contributed by atoms with van der Waals surface area (Å²) in [6.45, 7) is 5.39. The van der Waals surface area contributed by atoms with Gasteiger partial charge in [-0.15, -0.1) is 0 Å². The lowest BCUT2D eigenvalue weighted by Gasteiger charge is -2.23. The quantitative estimate of drug-likeness (QED) is 0.613. The van der Waals surface area contributed by atoms with Crippen molar-refractivity contribution in [2.75, 3.05) is 7.11 Å². The van der Waals surface area contributed by atoms with Gasteiger partial charge in [-0.05, 0) is 23.6 Å². The second-order valence-electron chi connectivity index (χ2n) is 5.00. The summed E-state index contributed by atoms with van der Waals surface area (Å²) in [5.41, 5.74) is -0.0279. The summed E-state index contributed by atoms with van der Waals surface area (Å²) in [6.07, 6.45) is -5.02. The molecule has 0 N–H and O–H groups in total. The van der Waals surface area contributed by atoms with Gasteiger partial charge in [-0.2, -0.15) is 13.2 Å². The van der Waals surface area contributed by atoms with E-state index in [1.54, 1.807) is 26.8 Å². The Balaban J connectivity index is 3.18. The summed E-state index contributed by atoms with van der Waals surface area (Å²) in [5.74, 6) is -1.87. The maximum Gasteiger partial charge on any atom is 0.491 e. The Kier molecular flexibility index (Phi) is 4.12. The number of benzene rings is 1. The van der Waals surface area contributed by atoms with Crippen LogP contribution in [0.15, 0.2) is 18.2 Å². The van der Waals surface area contributed by atoms with Crippen LogP contribution in [0.5, 0.6) is 11.5 Å². The first-order chi connectivity index (χ1) is 8.55. The van der Waals surface area contributed by atoms with E-state index < -0.39 is 17.6 Å². The normalized spacial score (nSPS) is 12.2. The van der Waals surface area contributed by atoms with Crippen LogP contribution in [-0.4, -0.2) is 19.3 Å². The first-order valence-corrected chi connectivity index (χ1v) is 5.53. The van der Waals surface area contributed by atoms with Gasteiger partial charge >= 0.3 is 12.1 Å². The van der Waals surface area contributed by atoms with E-state index in [0.717, 1.165) is 0 Å². The molecular formula is C13H15F3O3. The molecule has 0 aliphatic heterocycles. The van der Waals surface area contributed by atoms with E-state index in [1.165, 1.54) is 19.2 Å². The van der Waals surface area contributed by atoms with Crippen molar-refractivity contribution in [2.24, 2.45) is 0 Å². The van der Waals surface area contributed by atoms with Gasteiger partial charge in [-0.3, -0.25) is 0 Å². The molecule has 0 saturated heterocycles. The van der Waals surface area contributed by atoms with Crippen molar-refractivity contribution in [3.63, 3.8) is 0 Å². The van der Waals surface area contributed by atoms with Gasteiger partial charge in [0.25, 0.3) is 0 Å². The van der Waals surface area contributed by atoms with Gasteiger partial charge in [0.05, 0.1) is 7.11 Å². The number of hydrogen-bond donors (Lipinski definition) is 0. The minimum absolute atomic E-state index is 0.115. The molecule has 0 amide bonds. The number of carbonyl (C=O) groups is 1. The highest BCUT2D eigenvalue weighted by molar-refractivity contribution is 5.78. The Bertz CT molecular complexity index is 473. The van der Waals surface area contributed by atoms with E-state index in [0.29, 0.717) is 11.3 Å². The van der Waals surface area contributed by atoms with Crippen LogP contribution in [0.25, 0.3) is 0 Å². The Morgan fingerprint density at radius 2 is 1.74 bits per heavy atom. The number of ether oxygens (including phenoxy) is 2. The molecular weight excluding hydrogens is 261 g/mol. The van der Waals surface area contributed by atoms with Crippen LogP contribution in [-0.2, 0) is 10.2 Å². The van der Waals surface area contributed by atoms with Gasteiger partial charge in [0.2, 0.25) is 0 Å². The highest BCUT2D eigenvalue weighted by Gasteiger charge is 2.42. The van der Waals surface area contributed by atoms with Crippen LogP contribution in [0.3, 0.4) is 0 Å². The minimum Gasteiger partial charge on any atom is -0.497 e. The van der Waals surface area contributed by atoms with Gasteiger partial charge in [0.1, 0.15) is 11.5 Å². The number of rotatable bonds is 2. The maximum absolute atomic E-state index is 12.2. The molecule has 1 aromatic carbocycles. The Hall–Kier alpha value is -1.72. The molecule has 0 aliphatic carbocycles. The molecule has 0 unspecified atom stereocenters. The third-order valence-electron chi connectivity index (χ3n) is 2.43. The van der Waals surface area contributed by atoms with E-state index in [4.69, 9.17) is 4.74 Å². The van der Waals surface area contributed by atoms with Crippen molar-refractivity contribution >= 4 is 5.97 Å². The van der Waals surface area contributed by atoms with Gasteiger partial charge in [-0.25, -0.2) is 4.79 Å². The second kappa shape index (κ2) is 5.11. The van der Waals surface area contributed by atoms with Gasteiger partial charge in [0.15, 0.2) is 0 Å². The van der Waals surface area contributed by atoms with Gasteiger partial charge in [-0.1, -0.05) is 20.8 Å². The van der Waals surface area contributed by atoms with E-state index in [9.17, 15) is 18.0 Å². The average molecular weight is 276 g/mol. The van der Waals surface area contributed by atoms with E-state index >= 15 is 0 Å². The van der Waals surface area contributed by atoms with Crippen LogP contribution in [0, 0.1) is 0 Å².